The quantitative estimate of drug-likeness (QED) is 0.208. The van der Waals surface area contributed by atoms with Gasteiger partial charge in [0.25, 0.3) is 0 Å². The number of benzene rings is 6. The van der Waals surface area contributed by atoms with Gasteiger partial charge in [-0.3, -0.25) is 0 Å². The number of anilines is 3. The van der Waals surface area contributed by atoms with E-state index in [-0.39, 0.29) is 0 Å². The van der Waals surface area contributed by atoms with Crippen molar-refractivity contribution in [1.29, 1.82) is 0 Å². The van der Waals surface area contributed by atoms with Crippen molar-refractivity contribution in [3.8, 4) is 0 Å². The van der Waals surface area contributed by atoms with Crippen molar-refractivity contribution in [2.45, 2.75) is 0 Å². The average Bonchev–Trinajstić information content (AvgIpc) is 3.75. The van der Waals surface area contributed by atoms with Gasteiger partial charge >= 0.3 is 0 Å². The first-order valence-electron chi connectivity index (χ1n) is 14.6. The summed E-state index contributed by atoms with van der Waals surface area (Å²) in [5.74, 6) is 0. The number of nitrogens with zero attached hydrogens (tertiary/aromatic N) is 2. The molecule has 0 aliphatic rings. The number of thiophene rings is 1. The van der Waals surface area contributed by atoms with E-state index in [2.05, 4.69) is 108 Å². The van der Waals surface area contributed by atoms with E-state index in [0.717, 1.165) is 71.2 Å². The number of fused-ring (bicyclic) bond motifs is 11. The third-order valence-electron chi connectivity index (χ3n) is 8.70. The molecular weight excluding hydrogens is 561 g/mol. The van der Waals surface area contributed by atoms with E-state index < -0.39 is 0 Å². The summed E-state index contributed by atoms with van der Waals surface area (Å²) in [6.07, 6.45) is 1.99. The fourth-order valence-corrected chi connectivity index (χ4v) is 7.74. The SMILES string of the molecule is c1ccc2c(c1)ccc1sc3ncc(N(c4ccc5c(c4)oc4ccccc45)c4ccc5oc6ccccc6c5c4)cc3c12. The van der Waals surface area contributed by atoms with Gasteiger partial charge in [0.15, 0.2) is 0 Å². The van der Waals surface area contributed by atoms with Gasteiger partial charge in [-0.15, -0.1) is 11.3 Å². The Bertz CT molecular complexity index is 2750. The molecule has 44 heavy (non-hydrogen) atoms. The summed E-state index contributed by atoms with van der Waals surface area (Å²) >= 11 is 1.74. The van der Waals surface area contributed by atoms with Gasteiger partial charge < -0.3 is 13.7 Å². The topological polar surface area (TPSA) is 42.4 Å². The largest absolute Gasteiger partial charge is 0.456 e. The molecule has 0 amide bonds. The molecule has 5 heteroatoms. The van der Waals surface area contributed by atoms with E-state index in [0.29, 0.717) is 0 Å². The highest BCUT2D eigenvalue weighted by atomic mass is 32.1. The Labute approximate surface area is 255 Å². The molecule has 0 aliphatic carbocycles. The van der Waals surface area contributed by atoms with Crippen LogP contribution in [0, 0.1) is 0 Å². The van der Waals surface area contributed by atoms with Crippen molar-refractivity contribution < 1.29 is 8.83 Å². The zero-order valence-corrected chi connectivity index (χ0v) is 24.1. The summed E-state index contributed by atoms with van der Waals surface area (Å²) in [5.41, 5.74) is 6.48. The molecular formula is C39H22N2O2S. The Kier molecular flexibility index (Phi) is 4.84. The summed E-state index contributed by atoms with van der Waals surface area (Å²) in [6, 6.07) is 44.6. The Morgan fingerprint density at radius 3 is 1.98 bits per heavy atom. The average molecular weight is 583 g/mol. The number of hydrogen-bond acceptors (Lipinski definition) is 5. The Hall–Kier alpha value is -5.65. The number of para-hydroxylation sites is 2. The fourth-order valence-electron chi connectivity index (χ4n) is 6.70. The Balaban J connectivity index is 1.25. The molecule has 10 rings (SSSR count). The van der Waals surface area contributed by atoms with Crippen LogP contribution in [-0.4, -0.2) is 4.98 Å². The third kappa shape index (κ3) is 3.41. The molecule has 0 saturated heterocycles. The lowest BCUT2D eigenvalue weighted by molar-refractivity contribution is 0.668. The van der Waals surface area contributed by atoms with Crippen molar-refractivity contribution in [2.24, 2.45) is 0 Å². The highest BCUT2D eigenvalue weighted by molar-refractivity contribution is 7.25. The predicted molar refractivity (Wildman–Crippen MR) is 184 cm³/mol. The van der Waals surface area contributed by atoms with E-state index in [9.17, 15) is 0 Å². The third-order valence-corrected chi connectivity index (χ3v) is 9.78. The summed E-state index contributed by atoms with van der Waals surface area (Å²) in [4.78, 5) is 8.34. The van der Waals surface area contributed by atoms with E-state index in [1.807, 2.05) is 30.5 Å². The van der Waals surface area contributed by atoms with Gasteiger partial charge in [-0.2, -0.15) is 0 Å². The molecule has 206 valence electrons. The van der Waals surface area contributed by atoms with Crippen molar-refractivity contribution >= 4 is 103 Å². The highest BCUT2D eigenvalue weighted by Gasteiger charge is 2.19. The molecule has 4 aromatic heterocycles. The molecule has 0 unspecified atom stereocenters. The summed E-state index contributed by atoms with van der Waals surface area (Å²) in [6.45, 7) is 0. The summed E-state index contributed by atoms with van der Waals surface area (Å²) < 4.78 is 13.8. The van der Waals surface area contributed by atoms with Crippen LogP contribution in [0.3, 0.4) is 0 Å². The molecule has 0 fully saturated rings. The van der Waals surface area contributed by atoms with Crippen molar-refractivity contribution in [1.82, 2.24) is 4.98 Å². The van der Waals surface area contributed by atoms with Crippen molar-refractivity contribution in [2.75, 3.05) is 4.90 Å². The lowest BCUT2D eigenvalue weighted by Crippen LogP contribution is -2.10. The second-order valence-electron chi connectivity index (χ2n) is 11.2. The first-order chi connectivity index (χ1) is 21.8. The maximum absolute atomic E-state index is 6.34. The van der Waals surface area contributed by atoms with Gasteiger partial charge in [-0.1, -0.05) is 66.7 Å². The van der Waals surface area contributed by atoms with Crippen LogP contribution in [0.5, 0.6) is 0 Å². The van der Waals surface area contributed by atoms with Crippen molar-refractivity contribution in [3.63, 3.8) is 0 Å². The Morgan fingerprint density at radius 2 is 1.11 bits per heavy atom. The van der Waals surface area contributed by atoms with E-state index in [4.69, 9.17) is 13.8 Å². The number of hydrogen-bond donors (Lipinski definition) is 0. The minimum absolute atomic E-state index is 0.851. The second kappa shape index (κ2) is 8.93. The molecule has 0 N–H and O–H groups in total. The van der Waals surface area contributed by atoms with Gasteiger partial charge in [0.05, 0.1) is 11.9 Å². The molecule has 0 spiro atoms. The summed E-state index contributed by atoms with van der Waals surface area (Å²) in [5, 5.41) is 9.28. The normalized spacial score (nSPS) is 12.1. The van der Waals surface area contributed by atoms with Crippen LogP contribution >= 0.6 is 11.3 Å². The molecule has 0 radical (unpaired) electrons. The van der Waals surface area contributed by atoms with Gasteiger partial charge in [-0.25, -0.2) is 4.98 Å². The monoisotopic (exact) mass is 582 g/mol. The van der Waals surface area contributed by atoms with Crippen LogP contribution in [0.15, 0.2) is 142 Å². The standard InChI is InChI=1S/C39H22N2O2S/c1-2-8-27-23(7-1)13-18-37-38(27)32-20-26(22-40-39(32)44-37)41(24-15-17-35-31(19-24)29-10-4-6-12-34(29)42-35)25-14-16-30-28-9-3-5-11-33(28)43-36(30)21-25/h1-22H. The van der Waals surface area contributed by atoms with Gasteiger partial charge in [0, 0.05) is 54.5 Å². The maximum atomic E-state index is 6.34. The highest BCUT2D eigenvalue weighted by Crippen LogP contribution is 2.44. The lowest BCUT2D eigenvalue weighted by atomic mass is 10.0. The Morgan fingerprint density at radius 1 is 0.477 bits per heavy atom. The van der Waals surface area contributed by atoms with Crippen LogP contribution in [0.25, 0.3) is 75.0 Å². The minimum Gasteiger partial charge on any atom is -0.456 e. The molecule has 0 bridgehead atoms. The first-order valence-corrected chi connectivity index (χ1v) is 15.4. The van der Waals surface area contributed by atoms with Crippen LogP contribution in [0.2, 0.25) is 0 Å². The molecule has 4 nitrogen and oxygen atoms in total. The van der Waals surface area contributed by atoms with Gasteiger partial charge in [0.2, 0.25) is 0 Å². The van der Waals surface area contributed by atoms with Crippen LogP contribution in [-0.2, 0) is 0 Å². The van der Waals surface area contributed by atoms with Gasteiger partial charge in [0.1, 0.15) is 27.2 Å². The fraction of sp³-hybridized carbons (Fsp3) is 0. The van der Waals surface area contributed by atoms with Crippen LogP contribution in [0.4, 0.5) is 17.1 Å². The van der Waals surface area contributed by atoms with E-state index in [1.54, 1.807) is 11.3 Å². The molecule has 0 aliphatic heterocycles. The van der Waals surface area contributed by atoms with E-state index in [1.165, 1.54) is 20.9 Å². The smallest absolute Gasteiger partial charge is 0.137 e. The minimum atomic E-state index is 0.851. The predicted octanol–water partition coefficient (Wildman–Crippen LogP) is 11.9. The van der Waals surface area contributed by atoms with Gasteiger partial charge in [-0.05, 0) is 65.4 Å². The number of rotatable bonds is 3. The van der Waals surface area contributed by atoms with E-state index >= 15 is 0 Å². The van der Waals surface area contributed by atoms with Crippen LogP contribution in [0.1, 0.15) is 0 Å². The number of aromatic nitrogens is 1. The first kappa shape index (κ1) is 23.9. The molecule has 0 atom stereocenters. The number of furan rings is 2. The zero-order valence-electron chi connectivity index (χ0n) is 23.3. The lowest BCUT2D eigenvalue weighted by Gasteiger charge is -2.25. The summed E-state index contributed by atoms with van der Waals surface area (Å²) in [7, 11) is 0. The number of pyridine rings is 1. The maximum Gasteiger partial charge on any atom is 0.137 e. The van der Waals surface area contributed by atoms with Crippen molar-refractivity contribution in [3.05, 3.63) is 134 Å². The molecule has 10 aromatic rings. The zero-order chi connectivity index (χ0) is 28.8. The molecule has 4 heterocycles. The second-order valence-corrected chi connectivity index (χ2v) is 12.2. The van der Waals surface area contributed by atoms with Crippen LogP contribution < -0.4 is 4.90 Å². The molecule has 6 aromatic carbocycles. The molecule has 0 saturated carbocycles.